The number of carboxylic acids is 1. The molecule has 6 heteroatoms. The highest BCUT2D eigenvalue weighted by atomic mass is 16.4. The number of aliphatic carboxylic acids is 1. The Morgan fingerprint density at radius 2 is 1.83 bits per heavy atom. The average Bonchev–Trinajstić information content (AvgIpc) is 1.82. The van der Waals surface area contributed by atoms with Crippen LogP contribution in [-0.4, -0.2) is 33.9 Å². The molecule has 0 aromatic rings. The van der Waals surface area contributed by atoms with Crippen molar-refractivity contribution in [2.75, 3.05) is 0 Å². The summed E-state index contributed by atoms with van der Waals surface area (Å²) in [7, 11) is 0. The van der Waals surface area contributed by atoms with Crippen molar-refractivity contribution < 1.29 is 19.8 Å². The lowest BCUT2D eigenvalue weighted by Crippen LogP contribution is -2.58. The van der Waals surface area contributed by atoms with Crippen LogP contribution >= 0.6 is 0 Å². The van der Waals surface area contributed by atoms with E-state index >= 15 is 0 Å². The van der Waals surface area contributed by atoms with E-state index in [9.17, 15) is 9.59 Å². The SMILES string of the molecule is CC(C)(NC(=O)O)[C@H](N)C(=O)O. The molecule has 70 valence electrons. The van der Waals surface area contributed by atoms with Gasteiger partial charge in [0.1, 0.15) is 6.04 Å². The van der Waals surface area contributed by atoms with Crippen molar-refractivity contribution >= 4 is 12.1 Å². The molecule has 6 nitrogen and oxygen atoms in total. The van der Waals surface area contributed by atoms with E-state index in [0.717, 1.165) is 0 Å². The van der Waals surface area contributed by atoms with Gasteiger partial charge in [-0.2, -0.15) is 0 Å². The molecule has 0 unspecified atom stereocenters. The molecule has 0 spiro atoms. The first-order valence-electron chi connectivity index (χ1n) is 3.27. The van der Waals surface area contributed by atoms with Gasteiger partial charge in [0.15, 0.2) is 0 Å². The molecule has 0 aliphatic rings. The Morgan fingerprint density at radius 1 is 1.42 bits per heavy atom. The van der Waals surface area contributed by atoms with Crippen LogP contribution in [0, 0.1) is 0 Å². The van der Waals surface area contributed by atoms with Crippen LogP contribution in [0.4, 0.5) is 4.79 Å². The summed E-state index contributed by atoms with van der Waals surface area (Å²) in [5.41, 5.74) is 4.05. The Labute approximate surface area is 69.4 Å². The predicted octanol–water partition coefficient (Wildman–Crippen LogP) is -0.555. The van der Waals surface area contributed by atoms with Crippen molar-refractivity contribution in [3.05, 3.63) is 0 Å². The molecule has 0 fully saturated rings. The maximum absolute atomic E-state index is 10.4. The Bertz CT molecular complexity index is 202. The summed E-state index contributed by atoms with van der Waals surface area (Å²) < 4.78 is 0. The van der Waals surface area contributed by atoms with E-state index in [1.807, 2.05) is 5.32 Å². The fourth-order valence-electron chi connectivity index (χ4n) is 0.662. The highest BCUT2D eigenvalue weighted by molar-refractivity contribution is 5.76. The van der Waals surface area contributed by atoms with Gasteiger partial charge in [0.2, 0.25) is 0 Å². The van der Waals surface area contributed by atoms with E-state index in [4.69, 9.17) is 15.9 Å². The van der Waals surface area contributed by atoms with Crippen LogP contribution in [0.5, 0.6) is 0 Å². The second-order valence-electron chi connectivity index (χ2n) is 2.97. The second kappa shape index (κ2) is 3.40. The number of amides is 1. The lowest BCUT2D eigenvalue weighted by molar-refractivity contribution is -0.140. The van der Waals surface area contributed by atoms with Crippen molar-refractivity contribution in [1.82, 2.24) is 5.32 Å². The molecule has 0 radical (unpaired) electrons. The minimum Gasteiger partial charge on any atom is -0.480 e. The molecular formula is C6H12N2O4. The largest absolute Gasteiger partial charge is 0.480 e. The molecule has 0 aliphatic heterocycles. The number of nitrogens with one attached hydrogen (secondary N) is 1. The molecule has 0 saturated carbocycles. The summed E-state index contributed by atoms with van der Waals surface area (Å²) in [5, 5.41) is 18.8. The average molecular weight is 176 g/mol. The molecule has 0 saturated heterocycles. The number of rotatable bonds is 3. The molecule has 0 aromatic heterocycles. The van der Waals surface area contributed by atoms with Gasteiger partial charge in [-0.3, -0.25) is 4.79 Å². The minimum absolute atomic E-state index is 1.17. The quantitative estimate of drug-likeness (QED) is 0.460. The van der Waals surface area contributed by atoms with Gasteiger partial charge in [-0.25, -0.2) is 4.79 Å². The van der Waals surface area contributed by atoms with E-state index in [1.165, 1.54) is 13.8 Å². The molecule has 0 bridgehead atoms. The van der Waals surface area contributed by atoms with Crippen LogP contribution in [0.25, 0.3) is 0 Å². The lowest BCUT2D eigenvalue weighted by Gasteiger charge is -2.28. The van der Waals surface area contributed by atoms with Crippen molar-refractivity contribution in [2.24, 2.45) is 5.73 Å². The van der Waals surface area contributed by atoms with Crippen LogP contribution in [0.2, 0.25) is 0 Å². The van der Waals surface area contributed by atoms with Gasteiger partial charge in [-0.1, -0.05) is 0 Å². The standard InChI is InChI=1S/C6H12N2O4/c1-6(2,8-5(11)12)3(7)4(9)10/h3,8H,7H2,1-2H3,(H,9,10)(H,11,12)/t3-/m1/s1. The van der Waals surface area contributed by atoms with Crippen LogP contribution in [-0.2, 0) is 4.79 Å². The third-order valence-electron chi connectivity index (χ3n) is 1.47. The van der Waals surface area contributed by atoms with E-state index in [2.05, 4.69) is 0 Å². The lowest BCUT2D eigenvalue weighted by atomic mass is 9.96. The molecule has 0 aliphatic carbocycles. The van der Waals surface area contributed by atoms with Crippen molar-refractivity contribution in [1.29, 1.82) is 0 Å². The third kappa shape index (κ3) is 2.75. The molecule has 5 N–H and O–H groups in total. The van der Waals surface area contributed by atoms with E-state index in [-0.39, 0.29) is 0 Å². The number of carboxylic acid groups (broad SMARTS) is 2. The van der Waals surface area contributed by atoms with Crippen molar-refractivity contribution in [3.8, 4) is 0 Å². The number of nitrogens with two attached hydrogens (primary N) is 1. The van der Waals surface area contributed by atoms with Crippen LogP contribution in [0.1, 0.15) is 13.8 Å². The van der Waals surface area contributed by atoms with Gasteiger partial charge in [0.25, 0.3) is 0 Å². The summed E-state index contributed by atoms with van der Waals surface area (Å²) in [6.07, 6.45) is -1.29. The Morgan fingerprint density at radius 3 is 2.08 bits per heavy atom. The summed E-state index contributed by atoms with van der Waals surface area (Å²) in [6.45, 7) is 2.81. The third-order valence-corrected chi connectivity index (χ3v) is 1.47. The fourth-order valence-corrected chi connectivity index (χ4v) is 0.662. The van der Waals surface area contributed by atoms with E-state index < -0.39 is 23.6 Å². The zero-order valence-corrected chi connectivity index (χ0v) is 6.87. The Hall–Kier alpha value is -1.30. The first kappa shape index (κ1) is 10.7. The zero-order chi connectivity index (χ0) is 9.94. The van der Waals surface area contributed by atoms with Gasteiger partial charge in [-0.15, -0.1) is 0 Å². The molecule has 1 atom stereocenters. The van der Waals surface area contributed by atoms with Crippen molar-refractivity contribution in [3.63, 3.8) is 0 Å². The second-order valence-corrected chi connectivity index (χ2v) is 2.97. The monoisotopic (exact) mass is 176 g/mol. The minimum atomic E-state index is -1.29. The van der Waals surface area contributed by atoms with Gasteiger partial charge >= 0.3 is 12.1 Å². The molecule has 1 amide bonds. The molecule has 12 heavy (non-hydrogen) atoms. The van der Waals surface area contributed by atoms with Gasteiger partial charge in [0.05, 0.1) is 5.54 Å². The number of hydrogen-bond donors (Lipinski definition) is 4. The maximum atomic E-state index is 10.4. The maximum Gasteiger partial charge on any atom is 0.405 e. The topological polar surface area (TPSA) is 113 Å². The zero-order valence-electron chi connectivity index (χ0n) is 6.87. The normalized spacial score (nSPS) is 13.6. The predicted molar refractivity (Wildman–Crippen MR) is 40.9 cm³/mol. The number of hydrogen-bond acceptors (Lipinski definition) is 3. The summed E-state index contributed by atoms with van der Waals surface area (Å²) in [4.78, 5) is 20.6. The van der Waals surface area contributed by atoms with E-state index in [0.29, 0.717) is 0 Å². The fraction of sp³-hybridized carbons (Fsp3) is 0.667. The Balaban J connectivity index is 4.38. The van der Waals surface area contributed by atoms with Crippen LogP contribution in [0.15, 0.2) is 0 Å². The first-order valence-corrected chi connectivity index (χ1v) is 3.27. The van der Waals surface area contributed by atoms with Gasteiger partial charge in [0, 0.05) is 0 Å². The molecular weight excluding hydrogens is 164 g/mol. The smallest absolute Gasteiger partial charge is 0.405 e. The summed E-state index contributed by atoms with van der Waals surface area (Å²) >= 11 is 0. The molecule has 0 aromatic carbocycles. The molecule has 0 heterocycles. The van der Waals surface area contributed by atoms with Crippen LogP contribution < -0.4 is 11.1 Å². The van der Waals surface area contributed by atoms with Gasteiger partial charge < -0.3 is 21.3 Å². The van der Waals surface area contributed by atoms with E-state index in [1.54, 1.807) is 0 Å². The Kier molecular flexibility index (Phi) is 3.03. The first-order chi connectivity index (χ1) is 5.27. The summed E-state index contributed by atoms with van der Waals surface area (Å²) in [6, 6.07) is -1.26. The summed E-state index contributed by atoms with van der Waals surface area (Å²) in [5.74, 6) is -1.24. The van der Waals surface area contributed by atoms with Crippen molar-refractivity contribution in [2.45, 2.75) is 25.4 Å². The highest BCUT2D eigenvalue weighted by Crippen LogP contribution is 2.06. The van der Waals surface area contributed by atoms with Gasteiger partial charge in [-0.05, 0) is 13.8 Å². The molecule has 0 rings (SSSR count). The number of carbonyl (C=O) groups is 2. The highest BCUT2D eigenvalue weighted by Gasteiger charge is 2.33. The van der Waals surface area contributed by atoms with Crippen LogP contribution in [0.3, 0.4) is 0 Å².